The normalized spacial score (nSPS) is 22.0. The molecule has 0 N–H and O–H groups in total. The summed E-state index contributed by atoms with van der Waals surface area (Å²) < 4.78 is 14.1. The molecule has 1 rings (SSSR count). The van der Waals surface area contributed by atoms with Crippen LogP contribution in [0.4, 0.5) is 4.39 Å². The van der Waals surface area contributed by atoms with Gasteiger partial charge >= 0.3 is 0 Å². The van der Waals surface area contributed by atoms with E-state index in [4.69, 9.17) is 16.9 Å². The lowest BCUT2D eigenvalue weighted by Crippen LogP contribution is -2.59. The zero-order valence-electron chi connectivity index (χ0n) is 10.2. The van der Waals surface area contributed by atoms with E-state index in [0.29, 0.717) is 39.3 Å². The Morgan fingerprint density at radius 3 is 2.44 bits per heavy atom. The monoisotopic (exact) mass is 249 g/mol. The minimum absolute atomic E-state index is 0.0246. The summed E-state index contributed by atoms with van der Waals surface area (Å²) in [7, 11) is 0. The summed E-state index contributed by atoms with van der Waals surface area (Å²) in [6.45, 7) is 1.84. The summed E-state index contributed by atoms with van der Waals surface area (Å²) in [5.41, 5.74) is 0. The Morgan fingerprint density at radius 2 is 1.83 bits per heavy atom. The van der Waals surface area contributed by atoms with Crippen molar-refractivity contribution in [1.82, 2.24) is 14.7 Å². The van der Waals surface area contributed by atoms with Crippen LogP contribution in [0.1, 0.15) is 12.8 Å². The molecule has 5 nitrogen and oxygen atoms in total. The standard InChI is InChI=1S/C12H16FN5/c1-2-3-8-17-10-16(7-4-5-14)11-18(9-6-15)12(17)13/h1,12H,3-4,7-11H2. The van der Waals surface area contributed by atoms with Crippen molar-refractivity contribution in [3.8, 4) is 24.5 Å². The van der Waals surface area contributed by atoms with Gasteiger partial charge < -0.3 is 0 Å². The summed E-state index contributed by atoms with van der Waals surface area (Å²) in [5.74, 6) is 2.48. The number of terminal acetylenes is 1. The highest BCUT2D eigenvalue weighted by Crippen LogP contribution is 2.16. The van der Waals surface area contributed by atoms with Gasteiger partial charge in [-0.3, -0.25) is 4.90 Å². The van der Waals surface area contributed by atoms with Gasteiger partial charge in [0.2, 0.25) is 6.42 Å². The molecule has 0 aromatic heterocycles. The van der Waals surface area contributed by atoms with Gasteiger partial charge in [0.1, 0.15) is 0 Å². The maximum atomic E-state index is 14.1. The molecule has 0 radical (unpaired) electrons. The summed E-state index contributed by atoms with van der Waals surface area (Å²) in [5, 5.41) is 17.2. The fourth-order valence-electron chi connectivity index (χ4n) is 1.88. The van der Waals surface area contributed by atoms with Crippen LogP contribution in [-0.4, -0.2) is 54.1 Å². The molecule has 1 atom stereocenters. The predicted octanol–water partition coefficient (Wildman–Crippen LogP) is 0.535. The first-order valence-corrected chi connectivity index (χ1v) is 5.74. The third-order valence-electron chi connectivity index (χ3n) is 2.72. The van der Waals surface area contributed by atoms with Crippen LogP contribution in [0.15, 0.2) is 0 Å². The number of halogens is 1. The molecule has 0 aliphatic carbocycles. The minimum atomic E-state index is -1.28. The molecule has 0 aromatic carbocycles. The number of hydrogen-bond donors (Lipinski definition) is 0. The summed E-state index contributed by atoms with van der Waals surface area (Å²) in [6, 6.07) is 4.01. The van der Waals surface area contributed by atoms with E-state index < -0.39 is 6.42 Å². The maximum absolute atomic E-state index is 14.1. The van der Waals surface area contributed by atoms with E-state index >= 15 is 0 Å². The molecule has 0 amide bonds. The fraction of sp³-hybridized carbons (Fsp3) is 0.667. The van der Waals surface area contributed by atoms with Gasteiger partial charge in [-0.2, -0.15) is 10.5 Å². The van der Waals surface area contributed by atoms with E-state index in [-0.39, 0.29) is 6.54 Å². The Morgan fingerprint density at radius 1 is 1.11 bits per heavy atom. The van der Waals surface area contributed by atoms with Crippen LogP contribution >= 0.6 is 0 Å². The van der Waals surface area contributed by atoms with Crippen molar-refractivity contribution in [2.45, 2.75) is 19.3 Å². The number of hydrogen-bond acceptors (Lipinski definition) is 5. The molecule has 0 spiro atoms. The number of nitriles is 2. The molecule has 1 unspecified atom stereocenters. The van der Waals surface area contributed by atoms with Crippen molar-refractivity contribution in [2.24, 2.45) is 0 Å². The van der Waals surface area contributed by atoms with Gasteiger partial charge in [0.25, 0.3) is 0 Å². The van der Waals surface area contributed by atoms with Crippen molar-refractivity contribution in [1.29, 1.82) is 10.5 Å². The Labute approximate surface area is 107 Å². The van der Waals surface area contributed by atoms with Gasteiger partial charge in [-0.25, -0.2) is 14.2 Å². The highest BCUT2D eigenvalue weighted by Gasteiger charge is 2.32. The topological polar surface area (TPSA) is 57.3 Å². The molecule has 18 heavy (non-hydrogen) atoms. The highest BCUT2D eigenvalue weighted by atomic mass is 19.1. The quantitative estimate of drug-likeness (QED) is 0.404. The average molecular weight is 249 g/mol. The van der Waals surface area contributed by atoms with E-state index in [2.05, 4.69) is 12.0 Å². The van der Waals surface area contributed by atoms with Crippen molar-refractivity contribution in [2.75, 3.05) is 33.0 Å². The zero-order valence-corrected chi connectivity index (χ0v) is 10.2. The second-order valence-corrected chi connectivity index (χ2v) is 4.07. The molecule has 6 heteroatoms. The first kappa shape index (κ1) is 14.4. The van der Waals surface area contributed by atoms with E-state index in [9.17, 15) is 4.39 Å². The van der Waals surface area contributed by atoms with Crippen LogP contribution in [-0.2, 0) is 0 Å². The van der Waals surface area contributed by atoms with Gasteiger partial charge in [0.15, 0.2) is 0 Å². The molecule has 96 valence electrons. The van der Waals surface area contributed by atoms with Crippen LogP contribution in [0.5, 0.6) is 0 Å². The van der Waals surface area contributed by atoms with E-state index in [0.717, 1.165) is 0 Å². The predicted molar refractivity (Wildman–Crippen MR) is 64.0 cm³/mol. The second-order valence-electron chi connectivity index (χ2n) is 4.07. The first-order valence-electron chi connectivity index (χ1n) is 5.74. The molecule has 1 heterocycles. The minimum Gasteiger partial charge on any atom is -0.276 e. The number of alkyl halides is 1. The Bertz CT molecular complexity index is 377. The van der Waals surface area contributed by atoms with Crippen LogP contribution < -0.4 is 0 Å². The molecule has 1 aliphatic rings. The maximum Gasteiger partial charge on any atom is 0.213 e. The van der Waals surface area contributed by atoms with Crippen LogP contribution in [0.3, 0.4) is 0 Å². The largest absolute Gasteiger partial charge is 0.276 e. The average Bonchev–Trinajstić information content (AvgIpc) is 2.38. The molecule has 0 saturated carbocycles. The molecule has 1 saturated heterocycles. The first-order chi connectivity index (χ1) is 8.72. The Balaban J connectivity index is 2.62. The third-order valence-corrected chi connectivity index (χ3v) is 2.72. The van der Waals surface area contributed by atoms with Crippen LogP contribution in [0, 0.1) is 35.0 Å². The lowest BCUT2D eigenvalue weighted by Gasteiger charge is -2.43. The zero-order chi connectivity index (χ0) is 13.4. The van der Waals surface area contributed by atoms with Gasteiger partial charge in [0, 0.05) is 25.9 Å². The molecular weight excluding hydrogens is 233 g/mol. The fourth-order valence-corrected chi connectivity index (χ4v) is 1.88. The molecule has 1 fully saturated rings. The summed E-state index contributed by atoms with van der Waals surface area (Å²) in [6.07, 6.45) is 4.75. The SMILES string of the molecule is C#CCCN1CN(CCC#N)CN(CC#N)C1F. The smallest absolute Gasteiger partial charge is 0.213 e. The van der Waals surface area contributed by atoms with Crippen LogP contribution in [0.25, 0.3) is 0 Å². The molecule has 0 bridgehead atoms. The van der Waals surface area contributed by atoms with Crippen LogP contribution in [0.2, 0.25) is 0 Å². The number of rotatable bonds is 5. The third kappa shape index (κ3) is 3.98. The van der Waals surface area contributed by atoms with Gasteiger partial charge in [-0.05, 0) is 0 Å². The van der Waals surface area contributed by atoms with Gasteiger partial charge in [-0.15, -0.1) is 12.3 Å². The lowest BCUT2D eigenvalue weighted by molar-refractivity contribution is -0.137. The lowest BCUT2D eigenvalue weighted by atomic mass is 10.3. The Kier molecular flexibility index (Phi) is 6.11. The molecule has 1 aliphatic heterocycles. The van der Waals surface area contributed by atoms with Gasteiger partial charge in [0.05, 0.1) is 32.0 Å². The van der Waals surface area contributed by atoms with Crippen molar-refractivity contribution >= 4 is 0 Å². The Hall–Kier alpha value is -1.65. The summed E-state index contributed by atoms with van der Waals surface area (Å²) in [4.78, 5) is 4.95. The van der Waals surface area contributed by atoms with Gasteiger partial charge in [-0.1, -0.05) is 0 Å². The van der Waals surface area contributed by atoms with E-state index in [1.54, 1.807) is 4.90 Å². The summed E-state index contributed by atoms with van der Waals surface area (Å²) >= 11 is 0. The van der Waals surface area contributed by atoms with Crippen molar-refractivity contribution in [3.63, 3.8) is 0 Å². The molecule has 0 aromatic rings. The van der Waals surface area contributed by atoms with E-state index in [1.807, 2.05) is 11.0 Å². The highest BCUT2D eigenvalue weighted by molar-refractivity contribution is 4.87. The van der Waals surface area contributed by atoms with Crippen molar-refractivity contribution < 1.29 is 4.39 Å². The van der Waals surface area contributed by atoms with Crippen molar-refractivity contribution in [3.05, 3.63) is 0 Å². The molecular formula is C12H16FN5. The second kappa shape index (κ2) is 7.63. The number of nitrogens with zero attached hydrogens (tertiary/aromatic N) is 5. The van der Waals surface area contributed by atoms with E-state index in [1.165, 1.54) is 4.90 Å².